The molecule has 2 rings (SSSR count). The molecule has 4 nitrogen and oxygen atoms in total. The van der Waals surface area contributed by atoms with Gasteiger partial charge in [-0.2, -0.15) is 0 Å². The van der Waals surface area contributed by atoms with Crippen molar-refractivity contribution in [3.63, 3.8) is 0 Å². The highest BCUT2D eigenvalue weighted by molar-refractivity contribution is 8.08. The standard InChI is InChI=1S/C13H8Cl4O4S2/c14-10-3-1-8(5-12(10)16)22(18,19)7-23(20,21)9-2-4-11(15)13(17)6-9/h1-6H,7H2. The maximum absolute atomic E-state index is 12.3. The van der Waals surface area contributed by atoms with E-state index in [1.54, 1.807) is 0 Å². The minimum Gasteiger partial charge on any atom is -0.223 e. The van der Waals surface area contributed by atoms with Crippen molar-refractivity contribution in [1.29, 1.82) is 0 Å². The normalized spacial score (nSPS) is 12.3. The van der Waals surface area contributed by atoms with E-state index in [0.717, 1.165) is 12.1 Å². The van der Waals surface area contributed by atoms with Crippen molar-refractivity contribution in [2.24, 2.45) is 0 Å². The summed E-state index contributed by atoms with van der Waals surface area (Å²) < 4.78 is 49.2. The summed E-state index contributed by atoms with van der Waals surface area (Å²) in [4.78, 5) is -0.480. The molecule has 0 unspecified atom stereocenters. The summed E-state index contributed by atoms with van der Waals surface area (Å²) in [7, 11) is -8.27. The van der Waals surface area contributed by atoms with Crippen LogP contribution >= 0.6 is 46.4 Å². The minimum atomic E-state index is -4.14. The smallest absolute Gasteiger partial charge is 0.193 e. The molecular weight excluding hydrogens is 426 g/mol. The van der Waals surface area contributed by atoms with Gasteiger partial charge in [0.2, 0.25) is 0 Å². The number of hydrogen-bond acceptors (Lipinski definition) is 4. The van der Waals surface area contributed by atoms with Gasteiger partial charge in [-0.05, 0) is 36.4 Å². The van der Waals surface area contributed by atoms with E-state index in [-0.39, 0.29) is 29.9 Å². The van der Waals surface area contributed by atoms with E-state index >= 15 is 0 Å². The van der Waals surface area contributed by atoms with E-state index in [2.05, 4.69) is 0 Å². The first kappa shape index (κ1) is 18.8. The van der Waals surface area contributed by atoms with Crippen molar-refractivity contribution in [3.8, 4) is 0 Å². The Bertz CT molecular complexity index is 890. The Balaban J connectivity index is 2.42. The van der Waals surface area contributed by atoms with Crippen LogP contribution < -0.4 is 0 Å². The van der Waals surface area contributed by atoms with Gasteiger partial charge in [0.1, 0.15) is 0 Å². The molecule has 0 aliphatic heterocycles. The Morgan fingerprint density at radius 2 is 0.957 bits per heavy atom. The van der Waals surface area contributed by atoms with Crippen molar-refractivity contribution < 1.29 is 16.8 Å². The summed E-state index contributed by atoms with van der Waals surface area (Å²) in [6.45, 7) is 0. The summed E-state index contributed by atoms with van der Waals surface area (Å²) in [5.74, 6) is 0. The maximum Gasteiger partial charge on any atom is 0.193 e. The van der Waals surface area contributed by atoms with E-state index in [9.17, 15) is 16.8 Å². The van der Waals surface area contributed by atoms with Crippen LogP contribution in [0.4, 0.5) is 0 Å². The van der Waals surface area contributed by atoms with Gasteiger partial charge in [0, 0.05) is 0 Å². The molecule has 0 N–H and O–H groups in total. The zero-order valence-electron chi connectivity index (χ0n) is 11.1. The zero-order valence-corrected chi connectivity index (χ0v) is 15.8. The first-order valence-electron chi connectivity index (χ1n) is 5.88. The van der Waals surface area contributed by atoms with Crippen LogP contribution in [0.1, 0.15) is 0 Å². The molecule has 2 aromatic rings. The van der Waals surface area contributed by atoms with Crippen LogP contribution in [0.15, 0.2) is 46.2 Å². The summed E-state index contributed by atoms with van der Waals surface area (Å²) in [5.41, 5.74) is 0. The van der Waals surface area contributed by atoms with E-state index in [1.807, 2.05) is 0 Å². The van der Waals surface area contributed by atoms with Crippen molar-refractivity contribution in [1.82, 2.24) is 0 Å². The fraction of sp³-hybridized carbons (Fsp3) is 0.0769. The fourth-order valence-electron chi connectivity index (χ4n) is 1.68. The molecular formula is C13H8Cl4O4S2. The second-order valence-corrected chi connectivity index (χ2v) is 10.5. The molecule has 0 saturated heterocycles. The number of halogens is 4. The summed E-state index contributed by atoms with van der Waals surface area (Å²) in [6.07, 6.45) is 0. The molecule has 10 heteroatoms. The van der Waals surface area contributed by atoms with E-state index < -0.39 is 24.8 Å². The van der Waals surface area contributed by atoms with Crippen molar-refractivity contribution in [3.05, 3.63) is 56.5 Å². The van der Waals surface area contributed by atoms with Crippen LogP contribution in [0.2, 0.25) is 20.1 Å². The Labute approximate surface area is 153 Å². The zero-order chi connectivity index (χ0) is 17.4. The Kier molecular flexibility index (Phi) is 5.55. The lowest BCUT2D eigenvalue weighted by molar-refractivity contribution is 0.589. The van der Waals surface area contributed by atoms with Crippen LogP contribution in [0, 0.1) is 0 Å². The van der Waals surface area contributed by atoms with Gasteiger partial charge in [-0.15, -0.1) is 0 Å². The highest BCUT2D eigenvalue weighted by atomic mass is 35.5. The van der Waals surface area contributed by atoms with Gasteiger partial charge >= 0.3 is 0 Å². The Morgan fingerprint density at radius 1 is 0.609 bits per heavy atom. The molecule has 0 aliphatic carbocycles. The number of hydrogen-bond donors (Lipinski definition) is 0. The second-order valence-electron chi connectivity index (χ2n) is 4.50. The molecule has 0 bridgehead atoms. The lowest BCUT2D eigenvalue weighted by atomic mass is 10.4. The average Bonchev–Trinajstić information content (AvgIpc) is 2.43. The third-order valence-electron chi connectivity index (χ3n) is 2.81. The molecule has 0 amide bonds. The van der Waals surface area contributed by atoms with E-state index in [0.29, 0.717) is 0 Å². The van der Waals surface area contributed by atoms with Gasteiger partial charge in [-0.25, -0.2) is 16.8 Å². The highest BCUT2D eigenvalue weighted by Crippen LogP contribution is 2.29. The lowest BCUT2D eigenvalue weighted by Gasteiger charge is -2.08. The largest absolute Gasteiger partial charge is 0.223 e. The van der Waals surface area contributed by atoms with Crippen LogP contribution in [0.3, 0.4) is 0 Å². The molecule has 0 atom stereocenters. The molecule has 2 aromatic carbocycles. The topological polar surface area (TPSA) is 68.3 Å². The third-order valence-corrected chi connectivity index (χ3v) is 8.72. The summed E-state index contributed by atoms with van der Waals surface area (Å²) >= 11 is 23.0. The van der Waals surface area contributed by atoms with E-state index in [4.69, 9.17) is 46.4 Å². The first-order valence-corrected chi connectivity index (χ1v) is 10.7. The predicted octanol–water partition coefficient (Wildman–Crippen LogP) is 4.51. The van der Waals surface area contributed by atoms with Gasteiger partial charge in [-0.3, -0.25) is 0 Å². The fourth-order valence-corrected chi connectivity index (χ4v) is 6.27. The van der Waals surface area contributed by atoms with Gasteiger partial charge < -0.3 is 0 Å². The molecule has 0 fully saturated rings. The lowest BCUT2D eigenvalue weighted by Crippen LogP contribution is -2.17. The number of sulfone groups is 2. The molecule has 0 radical (unpaired) electrons. The number of benzene rings is 2. The average molecular weight is 434 g/mol. The molecule has 0 aliphatic rings. The van der Waals surface area contributed by atoms with Crippen molar-refractivity contribution in [2.45, 2.75) is 9.79 Å². The molecule has 0 heterocycles. The third kappa shape index (κ3) is 4.32. The predicted molar refractivity (Wildman–Crippen MR) is 92.2 cm³/mol. The monoisotopic (exact) mass is 432 g/mol. The molecule has 0 spiro atoms. The van der Waals surface area contributed by atoms with Gasteiger partial charge in [0.25, 0.3) is 0 Å². The van der Waals surface area contributed by atoms with Crippen LogP contribution in [-0.4, -0.2) is 21.9 Å². The molecule has 0 saturated carbocycles. The molecule has 23 heavy (non-hydrogen) atoms. The quantitative estimate of drug-likeness (QED) is 0.711. The Hall–Kier alpha value is -0.500. The van der Waals surface area contributed by atoms with Gasteiger partial charge in [0.15, 0.2) is 24.8 Å². The van der Waals surface area contributed by atoms with Crippen LogP contribution in [0.25, 0.3) is 0 Å². The van der Waals surface area contributed by atoms with Gasteiger partial charge in [0.05, 0.1) is 29.9 Å². The minimum absolute atomic E-state index is 0.0136. The van der Waals surface area contributed by atoms with Gasteiger partial charge in [-0.1, -0.05) is 46.4 Å². The van der Waals surface area contributed by atoms with Crippen molar-refractivity contribution >= 4 is 66.1 Å². The Morgan fingerprint density at radius 3 is 1.26 bits per heavy atom. The molecule has 124 valence electrons. The van der Waals surface area contributed by atoms with Crippen molar-refractivity contribution in [2.75, 3.05) is 5.08 Å². The van der Waals surface area contributed by atoms with E-state index in [1.165, 1.54) is 24.3 Å². The SMILES string of the molecule is O=S(=O)(CS(=O)(=O)c1ccc(Cl)c(Cl)c1)c1ccc(Cl)c(Cl)c1. The second kappa shape index (κ2) is 6.78. The first-order chi connectivity index (χ1) is 10.5. The van der Waals surface area contributed by atoms with Crippen LogP contribution in [0.5, 0.6) is 0 Å². The molecule has 0 aromatic heterocycles. The highest BCUT2D eigenvalue weighted by Gasteiger charge is 2.27. The number of rotatable bonds is 4. The summed E-state index contributed by atoms with van der Waals surface area (Å²) in [5, 5.41) is -0.772. The van der Waals surface area contributed by atoms with Crippen LogP contribution in [-0.2, 0) is 19.7 Å². The maximum atomic E-state index is 12.3. The summed E-state index contributed by atoms with van der Waals surface area (Å²) in [6, 6.07) is 7.14.